The van der Waals surface area contributed by atoms with Gasteiger partial charge in [-0.3, -0.25) is 14.6 Å². The number of carbonyl (C=O) groups is 1. The Morgan fingerprint density at radius 1 is 1.10 bits per heavy atom. The molecule has 114 valence electrons. The number of rotatable bonds is 4. The molecule has 2 fully saturated rings. The van der Waals surface area contributed by atoms with Crippen molar-refractivity contribution in [3.8, 4) is 0 Å². The summed E-state index contributed by atoms with van der Waals surface area (Å²) in [4.78, 5) is 17.3. The van der Waals surface area contributed by atoms with Crippen LogP contribution in [0.3, 0.4) is 0 Å². The van der Waals surface area contributed by atoms with Crippen molar-refractivity contribution in [1.29, 1.82) is 0 Å². The number of hydrogen-bond acceptors (Lipinski definition) is 3. The Morgan fingerprint density at radius 2 is 1.81 bits per heavy atom. The number of carbonyl (C=O) groups excluding carboxylic acids is 1. The number of nitrogens with zero attached hydrogens (tertiary/aromatic N) is 2. The van der Waals surface area contributed by atoms with Crippen LogP contribution in [0.5, 0.6) is 0 Å². The van der Waals surface area contributed by atoms with Crippen LogP contribution in [0.1, 0.15) is 36.0 Å². The van der Waals surface area contributed by atoms with Crippen molar-refractivity contribution >= 4 is 21.7 Å². The van der Waals surface area contributed by atoms with Gasteiger partial charge in [0.25, 0.3) is 0 Å². The molecule has 0 saturated carbocycles. The van der Waals surface area contributed by atoms with Crippen LogP contribution in [0.2, 0.25) is 0 Å². The number of hydrogen-bond donors (Lipinski definition) is 0. The molecule has 4 heteroatoms. The molecule has 0 radical (unpaired) electrons. The zero-order chi connectivity index (χ0) is 14.7. The zero-order valence-corrected chi connectivity index (χ0v) is 14.0. The lowest BCUT2D eigenvalue weighted by molar-refractivity contribution is 0.0936. The lowest BCUT2D eigenvalue weighted by Gasteiger charge is -2.32. The third kappa shape index (κ3) is 3.93. The van der Waals surface area contributed by atoms with Crippen LogP contribution in [-0.2, 0) is 0 Å². The number of benzene rings is 1. The number of likely N-dealkylation sites (tertiary alicyclic amines) is 2. The Morgan fingerprint density at radius 3 is 2.52 bits per heavy atom. The zero-order valence-electron chi connectivity index (χ0n) is 12.4. The summed E-state index contributed by atoms with van der Waals surface area (Å²) in [7, 11) is 0. The fourth-order valence-electron chi connectivity index (χ4n) is 3.47. The van der Waals surface area contributed by atoms with Crippen LogP contribution in [0.4, 0.5) is 0 Å². The van der Waals surface area contributed by atoms with Crippen molar-refractivity contribution in [2.45, 2.75) is 31.7 Å². The molecule has 21 heavy (non-hydrogen) atoms. The van der Waals surface area contributed by atoms with Crippen LogP contribution in [-0.4, -0.2) is 54.3 Å². The Bertz CT molecular complexity index is 482. The molecule has 2 aliphatic rings. The third-order valence-electron chi connectivity index (χ3n) is 4.69. The van der Waals surface area contributed by atoms with Gasteiger partial charge < -0.3 is 0 Å². The molecule has 0 amide bonds. The van der Waals surface area contributed by atoms with Gasteiger partial charge in [0.1, 0.15) is 0 Å². The number of halogens is 1. The summed E-state index contributed by atoms with van der Waals surface area (Å²) in [5.41, 5.74) is 0.819. The van der Waals surface area contributed by atoms with Crippen LogP contribution in [0, 0.1) is 0 Å². The molecule has 0 N–H and O–H groups in total. The van der Waals surface area contributed by atoms with Crippen LogP contribution >= 0.6 is 15.9 Å². The molecule has 2 aliphatic heterocycles. The van der Waals surface area contributed by atoms with E-state index in [2.05, 4.69) is 25.7 Å². The Labute approximate surface area is 135 Å². The van der Waals surface area contributed by atoms with Crippen molar-refractivity contribution in [2.24, 2.45) is 0 Å². The predicted octanol–water partition coefficient (Wildman–Crippen LogP) is 3.19. The monoisotopic (exact) mass is 350 g/mol. The average molecular weight is 351 g/mol. The van der Waals surface area contributed by atoms with E-state index in [1.165, 1.54) is 38.8 Å². The van der Waals surface area contributed by atoms with Gasteiger partial charge in [-0.1, -0.05) is 34.5 Å². The van der Waals surface area contributed by atoms with E-state index in [1.54, 1.807) is 0 Å². The van der Waals surface area contributed by atoms with Gasteiger partial charge in [0.05, 0.1) is 6.54 Å². The van der Waals surface area contributed by atoms with Gasteiger partial charge in [-0.05, 0) is 44.5 Å². The lowest BCUT2D eigenvalue weighted by Crippen LogP contribution is -2.41. The highest BCUT2D eigenvalue weighted by atomic mass is 79.9. The smallest absolute Gasteiger partial charge is 0.176 e. The maximum atomic E-state index is 12.3. The number of Topliss-reactive ketones (excluding diaryl/α,β-unsaturated/α-hetero) is 1. The van der Waals surface area contributed by atoms with Gasteiger partial charge in [-0.25, -0.2) is 0 Å². The summed E-state index contributed by atoms with van der Waals surface area (Å²) >= 11 is 3.41. The predicted molar refractivity (Wildman–Crippen MR) is 88.7 cm³/mol. The Hall–Kier alpha value is -0.710. The summed E-state index contributed by atoms with van der Waals surface area (Å²) in [6.07, 6.45) is 5.28. The van der Waals surface area contributed by atoms with E-state index in [0.29, 0.717) is 12.6 Å². The molecule has 1 atom stereocenters. The minimum Gasteiger partial charge on any atom is -0.299 e. The minimum atomic E-state index is 0.238. The van der Waals surface area contributed by atoms with Crippen LogP contribution in [0.25, 0.3) is 0 Å². The maximum Gasteiger partial charge on any atom is 0.176 e. The summed E-state index contributed by atoms with van der Waals surface area (Å²) in [6.45, 7) is 5.18. The largest absolute Gasteiger partial charge is 0.299 e. The Kier molecular flexibility index (Phi) is 5.09. The molecule has 0 bridgehead atoms. The molecule has 1 aromatic carbocycles. The average Bonchev–Trinajstić information content (AvgIpc) is 2.97. The van der Waals surface area contributed by atoms with Crippen molar-refractivity contribution in [3.05, 3.63) is 34.3 Å². The molecule has 2 saturated heterocycles. The highest BCUT2D eigenvalue weighted by Crippen LogP contribution is 2.20. The highest BCUT2D eigenvalue weighted by molar-refractivity contribution is 9.10. The van der Waals surface area contributed by atoms with Crippen LogP contribution < -0.4 is 0 Å². The van der Waals surface area contributed by atoms with Gasteiger partial charge in [0.2, 0.25) is 0 Å². The standard InChI is InChI=1S/C17H23BrN2O/c18-15-6-4-14(5-7-15)17(21)13-19-11-8-16(12-19)20-9-2-1-3-10-20/h4-7,16H,1-3,8-13H2. The summed E-state index contributed by atoms with van der Waals surface area (Å²) in [5.74, 6) is 0.238. The molecule has 3 nitrogen and oxygen atoms in total. The van der Waals surface area contributed by atoms with Gasteiger partial charge in [-0.15, -0.1) is 0 Å². The molecule has 0 aliphatic carbocycles. The van der Waals surface area contributed by atoms with Crippen molar-refractivity contribution < 1.29 is 4.79 Å². The molecule has 1 unspecified atom stereocenters. The molecule has 2 heterocycles. The molecular formula is C17H23BrN2O. The van der Waals surface area contributed by atoms with Crippen molar-refractivity contribution in [2.75, 3.05) is 32.7 Å². The van der Waals surface area contributed by atoms with E-state index in [4.69, 9.17) is 0 Å². The van der Waals surface area contributed by atoms with E-state index in [0.717, 1.165) is 23.1 Å². The SMILES string of the molecule is O=C(CN1CCC(N2CCCCC2)C1)c1ccc(Br)cc1. The first-order chi connectivity index (χ1) is 10.2. The van der Waals surface area contributed by atoms with E-state index >= 15 is 0 Å². The topological polar surface area (TPSA) is 23.6 Å². The lowest BCUT2D eigenvalue weighted by atomic mass is 10.1. The van der Waals surface area contributed by atoms with E-state index in [1.807, 2.05) is 24.3 Å². The van der Waals surface area contributed by atoms with Crippen molar-refractivity contribution in [1.82, 2.24) is 9.80 Å². The van der Waals surface area contributed by atoms with Crippen molar-refractivity contribution in [3.63, 3.8) is 0 Å². The normalized spacial score (nSPS) is 24.3. The molecule has 3 rings (SSSR count). The first-order valence-electron chi connectivity index (χ1n) is 7.97. The van der Waals surface area contributed by atoms with Gasteiger partial charge in [-0.2, -0.15) is 0 Å². The summed E-state index contributed by atoms with van der Waals surface area (Å²) in [5, 5.41) is 0. The van der Waals surface area contributed by atoms with E-state index in [-0.39, 0.29) is 5.78 Å². The number of ketones is 1. The minimum absolute atomic E-state index is 0.238. The fourth-order valence-corrected chi connectivity index (χ4v) is 3.73. The van der Waals surface area contributed by atoms with Gasteiger partial charge in [0.15, 0.2) is 5.78 Å². The van der Waals surface area contributed by atoms with Gasteiger partial charge >= 0.3 is 0 Å². The van der Waals surface area contributed by atoms with Gasteiger partial charge in [0, 0.05) is 29.2 Å². The van der Waals surface area contributed by atoms with E-state index < -0.39 is 0 Å². The fraction of sp³-hybridized carbons (Fsp3) is 0.588. The van der Waals surface area contributed by atoms with Crippen LogP contribution in [0.15, 0.2) is 28.7 Å². The molecule has 1 aromatic rings. The quantitative estimate of drug-likeness (QED) is 0.779. The second-order valence-electron chi connectivity index (χ2n) is 6.20. The Balaban J connectivity index is 1.52. The third-order valence-corrected chi connectivity index (χ3v) is 5.22. The second-order valence-corrected chi connectivity index (χ2v) is 7.12. The molecule has 0 aromatic heterocycles. The second kappa shape index (κ2) is 7.03. The first-order valence-corrected chi connectivity index (χ1v) is 8.77. The number of piperidine rings is 1. The highest BCUT2D eigenvalue weighted by Gasteiger charge is 2.29. The van der Waals surface area contributed by atoms with E-state index in [9.17, 15) is 4.79 Å². The maximum absolute atomic E-state index is 12.3. The summed E-state index contributed by atoms with van der Waals surface area (Å²) < 4.78 is 1.02. The molecular weight excluding hydrogens is 328 g/mol. The first kappa shape index (κ1) is 15.2. The summed E-state index contributed by atoms with van der Waals surface area (Å²) in [6, 6.07) is 8.36. The molecule has 0 spiro atoms.